The fourth-order valence-electron chi connectivity index (χ4n) is 3.21. The molecule has 0 aliphatic carbocycles. The number of nitrogens with one attached hydrogen (secondary N) is 1. The van der Waals surface area contributed by atoms with Gasteiger partial charge in [-0.25, -0.2) is 19.4 Å². The van der Waals surface area contributed by atoms with E-state index < -0.39 is 35.4 Å². The molecular formula is C18H15F3N8O3. The van der Waals surface area contributed by atoms with Crippen molar-refractivity contribution in [3.8, 4) is 5.69 Å². The van der Waals surface area contributed by atoms with Crippen LogP contribution >= 0.6 is 0 Å². The van der Waals surface area contributed by atoms with Crippen LogP contribution in [0.25, 0.3) is 16.9 Å². The first-order valence-electron chi connectivity index (χ1n) is 9.05. The van der Waals surface area contributed by atoms with Gasteiger partial charge in [0.15, 0.2) is 11.2 Å². The monoisotopic (exact) mass is 448 g/mol. The molecule has 0 spiro atoms. The van der Waals surface area contributed by atoms with Gasteiger partial charge in [-0.2, -0.15) is 18.3 Å². The third-order valence-electron chi connectivity index (χ3n) is 4.79. The van der Waals surface area contributed by atoms with Crippen LogP contribution in [0.4, 0.5) is 18.9 Å². The molecule has 0 atom stereocenters. The summed E-state index contributed by atoms with van der Waals surface area (Å²) >= 11 is 0. The van der Waals surface area contributed by atoms with Gasteiger partial charge in [-0.15, -0.1) is 0 Å². The van der Waals surface area contributed by atoms with E-state index >= 15 is 0 Å². The smallest absolute Gasteiger partial charge is 0.323 e. The van der Waals surface area contributed by atoms with Crippen molar-refractivity contribution in [3.63, 3.8) is 0 Å². The summed E-state index contributed by atoms with van der Waals surface area (Å²) in [5, 5.41) is 6.30. The third-order valence-corrected chi connectivity index (χ3v) is 4.79. The van der Waals surface area contributed by atoms with Crippen LogP contribution in [0.5, 0.6) is 0 Å². The topological polar surface area (TPSA) is 122 Å². The first-order valence-corrected chi connectivity index (χ1v) is 9.05. The molecule has 4 rings (SSSR count). The summed E-state index contributed by atoms with van der Waals surface area (Å²) in [6.45, 7) is -0.434. The maximum absolute atomic E-state index is 13.2. The first kappa shape index (κ1) is 21.0. The van der Waals surface area contributed by atoms with Crippen molar-refractivity contribution in [3.05, 3.63) is 63.6 Å². The number of hydrogen-bond acceptors (Lipinski definition) is 6. The predicted molar refractivity (Wildman–Crippen MR) is 105 cm³/mol. The molecular weight excluding hydrogens is 433 g/mol. The normalized spacial score (nSPS) is 11.8. The maximum atomic E-state index is 13.2. The number of rotatable bonds is 4. The van der Waals surface area contributed by atoms with Gasteiger partial charge in [0.05, 0.1) is 23.3 Å². The SMILES string of the molecule is Cn1c(=O)c2c(ncn2CC(=O)Nc2cc(C(F)(F)F)ccc2-n2cncn2)n(C)c1=O. The molecule has 3 aromatic heterocycles. The molecule has 0 saturated heterocycles. The second-order valence-electron chi connectivity index (χ2n) is 6.87. The van der Waals surface area contributed by atoms with Crippen LogP contribution in [0.1, 0.15) is 5.56 Å². The lowest BCUT2D eigenvalue weighted by Crippen LogP contribution is -2.37. The zero-order chi connectivity index (χ0) is 23.2. The van der Waals surface area contributed by atoms with Gasteiger partial charge in [-0.3, -0.25) is 18.7 Å². The van der Waals surface area contributed by atoms with Crippen molar-refractivity contribution in [2.24, 2.45) is 14.1 Å². The van der Waals surface area contributed by atoms with E-state index in [1.165, 1.54) is 42.3 Å². The zero-order valence-corrected chi connectivity index (χ0v) is 16.7. The number of aromatic nitrogens is 7. The molecule has 1 amide bonds. The van der Waals surface area contributed by atoms with E-state index in [0.717, 1.165) is 27.3 Å². The van der Waals surface area contributed by atoms with Crippen LogP contribution < -0.4 is 16.6 Å². The molecule has 4 aromatic rings. The summed E-state index contributed by atoms with van der Waals surface area (Å²) in [4.78, 5) is 45.0. The quantitative estimate of drug-likeness (QED) is 0.490. The minimum absolute atomic E-state index is 0.00490. The van der Waals surface area contributed by atoms with Gasteiger partial charge in [-0.05, 0) is 18.2 Å². The number of carbonyl (C=O) groups is 1. The number of alkyl halides is 3. The Morgan fingerprint density at radius 1 is 1.12 bits per heavy atom. The van der Waals surface area contributed by atoms with E-state index in [1.807, 2.05) is 0 Å². The molecule has 0 aliphatic heterocycles. The predicted octanol–water partition coefficient (Wildman–Crippen LogP) is 0.672. The molecule has 0 saturated carbocycles. The molecule has 1 aromatic carbocycles. The number of anilines is 1. The minimum atomic E-state index is -4.63. The summed E-state index contributed by atoms with van der Waals surface area (Å²) in [5.41, 5.74) is -2.11. The van der Waals surface area contributed by atoms with E-state index in [2.05, 4.69) is 20.4 Å². The van der Waals surface area contributed by atoms with Crippen LogP contribution in [0.3, 0.4) is 0 Å². The van der Waals surface area contributed by atoms with Crippen molar-refractivity contribution < 1.29 is 18.0 Å². The van der Waals surface area contributed by atoms with Crippen LogP contribution in [0, 0.1) is 0 Å². The third kappa shape index (κ3) is 3.55. The van der Waals surface area contributed by atoms with Crippen molar-refractivity contribution in [1.29, 1.82) is 0 Å². The Morgan fingerprint density at radius 2 is 1.88 bits per heavy atom. The van der Waals surface area contributed by atoms with Crippen molar-refractivity contribution in [2.75, 3.05) is 5.32 Å². The summed E-state index contributed by atoms with van der Waals surface area (Å²) < 4.78 is 44.0. The van der Waals surface area contributed by atoms with Crippen molar-refractivity contribution in [1.82, 2.24) is 33.4 Å². The van der Waals surface area contributed by atoms with Gasteiger partial charge in [0.25, 0.3) is 5.56 Å². The highest BCUT2D eigenvalue weighted by Gasteiger charge is 2.31. The van der Waals surface area contributed by atoms with Gasteiger partial charge in [-0.1, -0.05) is 0 Å². The van der Waals surface area contributed by atoms with E-state index in [0.29, 0.717) is 0 Å². The number of benzene rings is 1. The summed E-state index contributed by atoms with van der Waals surface area (Å²) in [6.07, 6.45) is -0.958. The second-order valence-corrected chi connectivity index (χ2v) is 6.87. The zero-order valence-electron chi connectivity index (χ0n) is 16.7. The number of fused-ring (bicyclic) bond motifs is 1. The lowest BCUT2D eigenvalue weighted by molar-refractivity contribution is -0.137. The maximum Gasteiger partial charge on any atom is 0.416 e. The Labute approximate surface area is 176 Å². The Morgan fingerprint density at radius 3 is 2.53 bits per heavy atom. The molecule has 0 unspecified atom stereocenters. The largest absolute Gasteiger partial charge is 0.416 e. The van der Waals surface area contributed by atoms with E-state index in [9.17, 15) is 27.6 Å². The van der Waals surface area contributed by atoms with Gasteiger partial charge in [0, 0.05) is 14.1 Å². The van der Waals surface area contributed by atoms with Crippen LogP contribution in [-0.4, -0.2) is 39.4 Å². The Hall–Kier alpha value is -4.23. The lowest BCUT2D eigenvalue weighted by atomic mass is 10.1. The number of aryl methyl sites for hydroxylation is 1. The van der Waals surface area contributed by atoms with Crippen LogP contribution in [0.2, 0.25) is 0 Å². The average Bonchev–Trinajstić information content (AvgIpc) is 3.40. The summed E-state index contributed by atoms with van der Waals surface area (Å²) in [7, 11) is 2.71. The number of hydrogen-bond donors (Lipinski definition) is 1. The highest BCUT2D eigenvalue weighted by Crippen LogP contribution is 2.33. The molecule has 32 heavy (non-hydrogen) atoms. The van der Waals surface area contributed by atoms with E-state index in [4.69, 9.17) is 0 Å². The molecule has 0 bridgehead atoms. The second kappa shape index (κ2) is 7.47. The highest BCUT2D eigenvalue weighted by atomic mass is 19.4. The Balaban J connectivity index is 1.71. The molecule has 11 nitrogen and oxygen atoms in total. The fourth-order valence-corrected chi connectivity index (χ4v) is 3.21. The van der Waals surface area contributed by atoms with Gasteiger partial charge >= 0.3 is 11.9 Å². The fraction of sp³-hybridized carbons (Fsp3) is 0.222. The van der Waals surface area contributed by atoms with Gasteiger partial charge in [0.2, 0.25) is 5.91 Å². The first-order chi connectivity index (χ1) is 15.1. The molecule has 14 heteroatoms. The van der Waals surface area contributed by atoms with E-state index in [1.54, 1.807) is 0 Å². The molecule has 0 radical (unpaired) electrons. The molecule has 1 N–H and O–H groups in total. The molecule has 166 valence electrons. The molecule has 0 aliphatic rings. The van der Waals surface area contributed by atoms with Gasteiger partial charge in [0.1, 0.15) is 19.2 Å². The van der Waals surface area contributed by atoms with Gasteiger partial charge < -0.3 is 9.88 Å². The Bertz CT molecular complexity index is 1450. The van der Waals surface area contributed by atoms with Crippen LogP contribution in [0.15, 0.2) is 46.8 Å². The number of carbonyl (C=O) groups excluding carboxylic acids is 1. The van der Waals surface area contributed by atoms with Crippen molar-refractivity contribution in [2.45, 2.75) is 12.7 Å². The number of nitrogens with zero attached hydrogens (tertiary/aromatic N) is 7. The number of amides is 1. The van der Waals surface area contributed by atoms with Crippen molar-refractivity contribution >= 4 is 22.8 Å². The molecule has 0 fully saturated rings. The summed E-state index contributed by atoms with van der Waals surface area (Å²) in [6, 6.07) is 2.80. The average molecular weight is 448 g/mol. The number of halogens is 3. The minimum Gasteiger partial charge on any atom is -0.323 e. The number of imidazole rings is 1. The highest BCUT2D eigenvalue weighted by molar-refractivity contribution is 5.93. The summed E-state index contributed by atoms with van der Waals surface area (Å²) in [5.74, 6) is -0.721. The Kier molecular flexibility index (Phi) is 4.91. The molecule has 3 heterocycles. The van der Waals surface area contributed by atoms with Crippen LogP contribution in [-0.2, 0) is 31.6 Å². The van der Waals surface area contributed by atoms with E-state index in [-0.39, 0.29) is 22.5 Å². The standard InChI is InChI=1S/C18H15F3N8O3/c1-26-15-14(16(31)27(2)17(26)32)28(9-23-15)6-13(30)25-11-5-10(18(19,20)21)3-4-12(11)29-8-22-7-24-29/h3-5,7-9H,6H2,1-2H3,(H,25,30). The lowest BCUT2D eigenvalue weighted by Gasteiger charge is -2.14.